The average molecular weight is 274 g/mol. The summed E-state index contributed by atoms with van der Waals surface area (Å²) in [7, 11) is 1.74. The van der Waals surface area contributed by atoms with Crippen molar-refractivity contribution < 1.29 is 4.74 Å². The van der Waals surface area contributed by atoms with Crippen LogP contribution in [0.25, 0.3) is 0 Å². The lowest BCUT2D eigenvalue weighted by Gasteiger charge is -2.47. The largest absolute Gasteiger partial charge is 0.497 e. The van der Waals surface area contributed by atoms with Crippen LogP contribution in [0.5, 0.6) is 5.75 Å². The summed E-state index contributed by atoms with van der Waals surface area (Å²) in [5.41, 5.74) is 1.36. The molecular formula is C17H26N2O. The molecule has 3 rings (SSSR count). The first-order valence-corrected chi connectivity index (χ1v) is 7.87. The number of fused-ring (bicyclic) bond motifs is 1. The van der Waals surface area contributed by atoms with Crippen LogP contribution in [-0.2, 0) is 6.54 Å². The van der Waals surface area contributed by atoms with Crippen LogP contribution in [0.4, 0.5) is 0 Å². The highest BCUT2D eigenvalue weighted by molar-refractivity contribution is 5.28. The van der Waals surface area contributed by atoms with Gasteiger partial charge in [-0.05, 0) is 44.0 Å². The van der Waals surface area contributed by atoms with Crippen molar-refractivity contribution in [3.63, 3.8) is 0 Å². The predicted molar refractivity (Wildman–Crippen MR) is 82.1 cm³/mol. The molecule has 2 aliphatic heterocycles. The number of hydrogen-bond donors (Lipinski definition) is 0. The molecule has 3 heteroatoms. The van der Waals surface area contributed by atoms with E-state index in [4.69, 9.17) is 4.74 Å². The second-order valence-electron chi connectivity index (χ2n) is 6.27. The summed E-state index contributed by atoms with van der Waals surface area (Å²) in [5.74, 6) is 0.964. The summed E-state index contributed by atoms with van der Waals surface area (Å²) >= 11 is 0. The summed E-state index contributed by atoms with van der Waals surface area (Å²) < 4.78 is 5.33. The molecule has 20 heavy (non-hydrogen) atoms. The third kappa shape index (κ3) is 2.99. The normalized spacial score (nSPS) is 28.1. The van der Waals surface area contributed by atoms with E-state index in [1.165, 1.54) is 44.5 Å². The number of benzene rings is 1. The minimum absolute atomic E-state index is 0.649. The predicted octanol–water partition coefficient (Wildman–Crippen LogP) is 2.75. The second kappa shape index (κ2) is 6.15. The van der Waals surface area contributed by atoms with Gasteiger partial charge in [-0.2, -0.15) is 0 Å². The Labute approximate surface area is 122 Å². The van der Waals surface area contributed by atoms with Crippen molar-refractivity contribution in [2.24, 2.45) is 0 Å². The van der Waals surface area contributed by atoms with Gasteiger partial charge in [-0.1, -0.05) is 18.6 Å². The van der Waals surface area contributed by atoms with Crippen molar-refractivity contribution in [2.45, 2.75) is 44.8 Å². The van der Waals surface area contributed by atoms with Gasteiger partial charge in [0.25, 0.3) is 0 Å². The maximum atomic E-state index is 5.33. The smallest absolute Gasteiger partial charge is 0.119 e. The lowest BCUT2D eigenvalue weighted by molar-refractivity contribution is 0.0110. The Hall–Kier alpha value is -1.06. The molecule has 2 unspecified atom stereocenters. The number of piperazine rings is 1. The molecular weight excluding hydrogens is 248 g/mol. The zero-order chi connectivity index (χ0) is 13.9. The molecule has 0 bridgehead atoms. The SMILES string of the molecule is COc1cccc(CN2CC3CCCCN3CC2C)c1. The quantitative estimate of drug-likeness (QED) is 0.843. The van der Waals surface area contributed by atoms with Gasteiger partial charge in [0.2, 0.25) is 0 Å². The first-order valence-electron chi connectivity index (χ1n) is 7.87. The van der Waals surface area contributed by atoms with E-state index in [1.807, 2.05) is 6.07 Å². The first kappa shape index (κ1) is 13.9. The summed E-state index contributed by atoms with van der Waals surface area (Å²) in [6.07, 6.45) is 4.17. The minimum atomic E-state index is 0.649. The molecule has 0 saturated carbocycles. The van der Waals surface area contributed by atoms with E-state index in [9.17, 15) is 0 Å². The molecule has 2 heterocycles. The molecule has 0 aromatic heterocycles. The van der Waals surface area contributed by atoms with Crippen LogP contribution in [0.2, 0.25) is 0 Å². The summed E-state index contributed by atoms with van der Waals surface area (Å²) in [6, 6.07) is 9.92. The molecule has 0 spiro atoms. The Morgan fingerprint density at radius 3 is 3.00 bits per heavy atom. The molecule has 0 N–H and O–H groups in total. The average Bonchev–Trinajstić information content (AvgIpc) is 2.48. The lowest BCUT2D eigenvalue weighted by atomic mass is 9.97. The van der Waals surface area contributed by atoms with Gasteiger partial charge in [0.05, 0.1) is 7.11 Å². The Balaban J connectivity index is 1.67. The summed E-state index contributed by atoms with van der Waals surface area (Å²) in [5, 5.41) is 0. The lowest BCUT2D eigenvalue weighted by Crippen LogP contribution is -2.58. The van der Waals surface area contributed by atoms with Crippen LogP contribution in [0.1, 0.15) is 31.7 Å². The van der Waals surface area contributed by atoms with Gasteiger partial charge >= 0.3 is 0 Å². The molecule has 0 amide bonds. The number of methoxy groups -OCH3 is 1. The number of piperidine rings is 1. The standard InChI is InChI=1S/C17H26N2O/c1-14-11-18-9-4-3-7-16(18)13-19(14)12-15-6-5-8-17(10-15)20-2/h5-6,8,10,14,16H,3-4,7,9,11-13H2,1-2H3. The van der Waals surface area contributed by atoms with E-state index in [1.54, 1.807) is 7.11 Å². The molecule has 2 atom stereocenters. The zero-order valence-electron chi connectivity index (χ0n) is 12.7. The van der Waals surface area contributed by atoms with Gasteiger partial charge in [-0.25, -0.2) is 0 Å². The molecule has 110 valence electrons. The van der Waals surface area contributed by atoms with Gasteiger partial charge in [-0.3, -0.25) is 9.80 Å². The van der Waals surface area contributed by atoms with E-state index in [-0.39, 0.29) is 0 Å². The molecule has 0 radical (unpaired) electrons. The highest BCUT2D eigenvalue weighted by Gasteiger charge is 2.32. The monoisotopic (exact) mass is 274 g/mol. The molecule has 1 aromatic carbocycles. The van der Waals surface area contributed by atoms with Crippen LogP contribution >= 0.6 is 0 Å². The Kier molecular flexibility index (Phi) is 4.27. The fourth-order valence-electron chi connectivity index (χ4n) is 3.64. The van der Waals surface area contributed by atoms with Crippen molar-refractivity contribution in [3.8, 4) is 5.75 Å². The van der Waals surface area contributed by atoms with E-state index >= 15 is 0 Å². The minimum Gasteiger partial charge on any atom is -0.497 e. The molecule has 0 aliphatic carbocycles. The van der Waals surface area contributed by atoms with Crippen molar-refractivity contribution in [2.75, 3.05) is 26.7 Å². The van der Waals surface area contributed by atoms with Crippen molar-refractivity contribution in [1.29, 1.82) is 0 Å². The highest BCUT2D eigenvalue weighted by Crippen LogP contribution is 2.25. The maximum absolute atomic E-state index is 5.33. The fourth-order valence-corrected chi connectivity index (χ4v) is 3.64. The third-order valence-electron chi connectivity index (χ3n) is 4.84. The Morgan fingerprint density at radius 2 is 2.15 bits per heavy atom. The Bertz CT molecular complexity index is 448. The van der Waals surface area contributed by atoms with Crippen LogP contribution in [0.15, 0.2) is 24.3 Å². The number of rotatable bonds is 3. The van der Waals surface area contributed by atoms with Crippen LogP contribution in [0.3, 0.4) is 0 Å². The van der Waals surface area contributed by atoms with Crippen molar-refractivity contribution in [1.82, 2.24) is 9.80 Å². The number of hydrogen-bond acceptors (Lipinski definition) is 3. The molecule has 2 fully saturated rings. The van der Waals surface area contributed by atoms with Gasteiger partial charge < -0.3 is 4.74 Å². The Morgan fingerprint density at radius 1 is 1.25 bits per heavy atom. The molecule has 2 saturated heterocycles. The van der Waals surface area contributed by atoms with E-state index < -0.39 is 0 Å². The molecule has 2 aliphatic rings. The third-order valence-corrected chi connectivity index (χ3v) is 4.84. The van der Waals surface area contributed by atoms with Gasteiger partial charge in [0.15, 0.2) is 0 Å². The zero-order valence-corrected chi connectivity index (χ0v) is 12.7. The topological polar surface area (TPSA) is 15.7 Å². The highest BCUT2D eigenvalue weighted by atomic mass is 16.5. The molecule has 1 aromatic rings. The molecule has 3 nitrogen and oxygen atoms in total. The maximum Gasteiger partial charge on any atom is 0.119 e. The van der Waals surface area contributed by atoms with Crippen LogP contribution < -0.4 is 4.74 Å². The number of ether oxygens (including phenoxy) is 1. The van der Waals surface area contributed by atoms with Crippen molar-refractivity contribution in [3.05, 3.63) is 29.8 Å². The van der Waals surface area contributed by atoms with E-state index in [2.05, 4.69) is 34.9 Å². The van der Waals surface area contributed by atoms with E-state index in [0.717, 1.165) is 18.3 Å². The van der Waals surface area contributed by atoms with Gasteiger partial charge in [0, 0.05) is 31.7 Å². The van der Waals surface area contributed by atoms with Crippen molar-refractivity contribution >= 4 is 0 Å². The van der Waals surface area contributed by atoms with Crippen LogP contribution in [-0.4, -0.2) is 48.6 Å². The van der Waals surface area contributed by atoms with Crippen LogP contribution in [0, 0.1) is 0 Å². The van der Waals surface area contributed by atoms with E-state index in [0.29, 0.717) is 6.04 Å². The number of nitrogens with zero attached hydrogens (tertiary/aromatic N) is 2. The van der Waals surface area contributed by atoms with Gasteiger partial charge in [-0.15, -0.1) is 0 Å². The summed E-state index contributed by atoms with van der Waals surface area (Å²) in [4.78, 5) is 5.34. The van der Waals surface area contributed by atoms with Gasteiger partial charge in [0.1, 0.15) is 5.75 Å². The first-order chi connectivity index (χ1) is 9.76. The fraction of sp³-hybridized carbons (Fsp3) is 0.647. The summed E-state index contributed by atoms with van der Waals surface area (Å²) in [6.45, 7) is 7.17. The second-order valence-corrected chi connectivity index (χ2v) is 6.27.